The van der Waals surface area contributed by atoms with Gasteiger partial charge in [-0.3, -0.25) is 24.5 Å². The average molecular weight is 552 g/mol. The number of ketones is 1. The van der Waals surface area contributed by atoms with Crippen LogP contribution in [-0.2, 0) is 32.0 Å². The Morgan fingerprint density at radius 3 is 2.45 bits per heavy atom. The van der Waals surface area contributed by atoms with Crippen molar-refractivity contribution in [2.75, 3.05) is 13.7 Å². The number of methoxy groups -OCH3 is 1. The highest BCUT2D eigenvalue weighted by Gasteiger charge is 2.53. The van der Waals surface area contributed by atoms with E-state index in [2.05, 4.69) is 16.0 Å². The molecule has 3 aliphatic heterocycles. The number of urea groups is 1. The second-order valence-electron chi connectivity index (χ2n) is 9.98. The topological polar surface area (TPSA) is 147 Å². The number of carbonyl (C=O) groups is 5. The summed E-state index contributed by atoms with van der Waals surface area (Å²) in [5, 5.41) is 7.41. The van der Waals surface area contributed by atoms with Gasteiger partial charge in [0.15, 0.2) is 34.3 Å². The Morgan fingerprint density at radius 1 is 1.05 bits per heavy atom. The summed E-state index contributed by atoms with van der Waals surface area (Å²) < 4.78 is 41.0. The fourth-order valence-corrected chi connectivity index (χ4v) is 5.76. The maximum atomic E-state index is 15.4. The number of Topliss-reactive ketones (excluding diaryl/α,β-unsaturated/α-hetero) is 1. The van der Waals surface area contributed by atoms with Gasteiger partial charge in [-0.2, -0.15) is 0 Å². The molecule has 0 radical (unpaired) electrons. The standard InChI is InChI=1S/C27H22F2N4O7/c1-3-26(17(34)9-19(35)31-26)14-6-13-7-18(40-22(13)15(28)8-14)27(24(37)30-25(38)32-27)11-33-10-12-4-5-16(39-2)21(29)20(12)23(33)36/h4-8H,3,9-11H2,1-2H3,(H,31,35)(H2,30,32,37,38)/t26?,27-/m0/s1. The first-order valence-corrected chi connectivity index (χ1v) is 12.4. The molecule has 0 bridgehead atoms. The number of hydrogen-bond acceptors (Lipinski definition) is 7. The number of hydrogen-bond donors (Lipinski definition) is 3. The van der Waals surface area contributed by atoms with Crippen LogP contribution in [-0.4, -0.2) is 48.1 Å². The molecule has 3 aromatic rings. The summed E-state index contributed by atoms with van der Waals surface area (Å²) in [5.74, 6) is -4.49. The second kappa shape index (κ2) is 8.60. The van der Waals surface area contributed by atoms with E-state index in [0.29, 0.717) is 5.56 Å². The second-order valence-corrected chi connectivity index (χ2v) is 9.98. The van der Waals surface area contributed by atoms with E-state index in [-0.39, 0.29) is 53.0 Å². The molecule has 13 heteroatoms. The Morgan fingerprint density at radius 2 is 1.82 bits per heavy atom. The lowest BCUT2D eigenvalue weighted by Crippen LogP contribution is -2.52. The summed E-state index contributed by atoms with van der Waals surface area (Å²) >= 11 is 0. The summed E-state index contributed by atoms with van der Waals surface area (Å²) in [6.07, 6.45) is -0.160. The van der Waals surface area contributed by atoms with Gasteiger partial charge in [0.1, 0.15) is 11.3 Å². The molecule has 11 nitrogen and oxygen atoms in total. The third-order valence-electron chi connectivity index (χ3n) is 7.81. The van der Waals surface area contributed by atoms with E-state index in [9.17, 15) is 28.4 Å². The van der Waals surface area contributed by atoms with E-state index in [4.69, 9.17) is 9.15 Å². The predicted molar refractivity (Wildman–Crippen MR) is 132 cm³/mol. The third-order valence-corrected chi connectivity index (χ3v) is 7.81. The van der Waals surface area contributed by atoms with Crippen molar-refractivity contribution in [3.05, 3.63) is 64.4 Å². The highest BCUT2D eigenvalue weighted by atomic mass is 19.1. The minimum atomic E-state index is -1.97. The molecule has 40 heavy (non-hydrogen) atoms. The van der Waals surface area contributed by atoms with Crippen molar-refractivity contribution in [1.29, 1.82) is 0 Å². The molecular weight excluding hydrogens is 530 g/mol. The first-order valence-electron chi connectivity index (χ1n) is 12.4. The van der Waals surface area contributed by atoms with Gasteiger partial charge >= 0.3 is 6.03 Å². The van der Waals surface area contributed by atoms with Crippen molar-refractivity contribution in [3.63, 3.8) is 0 Å². The Hall–Kier alpha value is -4.81. The minimum absolute atomic E-state index is 0.0699. The van der Waals surface area contributed by atoms with E-state index in [1.54, 1.807) is 6.92 Å². The van der Waals surface area contributed by atoms with Crippen molar-refractivity contribution in [1.82, 2.24) is 20.9 Å². The lowest BCUT2D eigenvalue weighted by atomic mass is 9.84. The zero-order valence-electron chi connectivity index (χ0n) is 21.3. The predicted octanol–water partition coefficient (Wildman–Crippen LogP) is 2.10. The number of halogens is 2. The molecule has 2 saturated heterocycles. The molecule has 2 aromatic carbocycles. The Balaban J connectivity index is 1.42. The summed E-state index contributed by atoms with van der Waals surface area (Å²) in [7, 11) is 1.26. The average Bonchev–Trinajstić information content (AvgIpc) is 3.63. The van der Waals surface area contributed by atoms with Crippen LogP contribution in [0.1, 0.15) is 47.0 Å². The van der Waals surface area contributed by atoms with Crippen LogP contribution in [0.3, 0.4) is 0 Å². The number of fused-ring (bicyclic) bond motifs is 2. The molecule has 4 heterocycles. The number of imide groups is 1. The van der Waals surface area contributed by atoms with Gasteiger partial charge in [-0.15, -0.1) is 0 Å². The molecule has 3 N–H and O–H groups in total. The highest BCUT2D eigenvalue weighted by Crippen LogP contribution is 2.39. The van der Waals surface area contributed by atoms with Crippen LogP contribution in [0.4, 0.5) is 13.6 Å². The molecule has 0 aliphatic carbocycles. The lowest BCUT2D eigenvalue weighted by molar-refractivity contribution is -0.125. The maximum Gasteiger partial charge on any atom is 0.322 e. The fourth-order valence-electron chi connectivity index (χ4n) is 5.76. The summed E-state index contributed by atoms with van der Waals surface area (Å²) in [5.41, 5.74) is -3.31. The van der Waals surface area contributed by atoms with Crippen LogP contribution in [0.25, 0.3) is 11.0 Å². The summed E-state index contributed by atoms with van der Waals surface area (Å²) in [4.78, 5) is 64.5. The maximum absolute atomic E-state index is 15.4. The Bertz CT molecular complexity index is 1680. The number of amides is 5. The number of furan rings is 1. The van der Waals surface area contributed by atoms with Crippen LogP contribution in [0, 0.1) is 11.6 Å². The van der Waals surface area contributed by atoms with Crippen molar-refractivity contribution in [2.45, 2.75) is 37.4 Å². The molecule has 3 aliphatic rings. The molecule has 206 valence electrons. The normalized spacial score (nSPS) is 24.0. The van der Waals surface area contributed by atoms with Gasteiger partial charge < -0.3 is 24.7 Å². The molecule has 1 aromatic heterocycles. The molecule has 0 spiro atoms. The molecule has 2 fully saturated rings. The summed E-state index contributed by atoms with van der Waals surface area (Å²) in [6, 6.07) is 5.92. The number of rotatable bonds is 6. The van der Waals surface area contributed by atoms with Crippen LogP contribution < -0.4 is 20.7 Å². The van der Waals surface area contributed by atoms with Gasteiger partial charge in [0.25, 0.3) is 11.8 Å². The zero-order valence-corrected chi connectivity index (χ0v) is 21.3. The summed E-state index contributed by atoms with van der Waals surface area (Å²) in [6.45, 7) is 1.16. The van der Waals surface area contributed by atoms with E-state index < -0.39 is 58.8 Å². The molecule has 2 atom stereocenters. The van der Waals surface area contributed by atoms with E-state index in [1.165, 1.54) is 36.3 Å². The fraction of sp³-hybridized carbons (Fsp3) is 0.296. The SMILES string of the molecule is CCC1(c2cc(F)c3oc([C@]4(CN5Cc6ccc(OC)c(F)c6C5=O)NC(=O)NC4=O)cc3c2)NC(=O)CC1=O. The monoisotopic (exact) mass is 552 g/mol. The third kappa shape index (κ3) is 3.43. The van der Waals surface area contributed by atoms with Gasteiger partial charge in [0.05, 0.1) is 25.6 Å². The van der Waals surface area contributed by atoms with Gasteiger partial charge in [-0.1, -0.05) is 13.0 Å². The van der Waals surface area contributed by atoms with Crippen molar-refractivity contribution in [3.8, 4) is 5.75 Å². The van der Waals surface area contributed by atoms with E-state index in [1.807, 2.05) is 0 Å². The lowest BCUT2D eigenvalue weighted by Gasteiger charge is -2.29. The smallest absolute Gasteiger partial charge is 0.322 e. The van der Waals surface area contributed by atoms with Crippen LogP contribution in [0.5, 0.6) is 5.75 Å². The molecule has 6 rings (SSSR count). The van der Waals surface area contributed by atoms with E-state index >= 15 is 4.39 Å². The Kier molecular flexibility index (Phi) is 5.47. The van der Waals surface area contributed by atoms with Crippen molar-refractivity contribution < 1.29 is 41.9 Å². The van der Waals surface area contributed by atoms with Crippen LogP contribution >= 0.6 is 0 Å². The molecule has 5 amide bonds. The zero-order chi connectivity index (χ0) is 28.6. The van der Waals surface area contributed by atoms with Gasteiger partial charge in [0.2, 0.25) is 5.91 Å². The van der Waals surface area contributed by atoms with Crippen molar-refractivity contribution >= 4 is 40.5 Å². The first kappa shape index (κ1) is 25.5. The molecular formula is C27H22F2N4O7. The van der Waals surface area contributed by atoms with Crippen LogP contribution in [0.15, 0.2) is 34.7 Å². The van der Waals surface area contributed by atoms with Crippen molar-refractivity contribution in [2.24, 2.45) is 0 Å². The Labute approximate surface area is 224 Å². The number of benzene rings is 2. The number of nitrogens with one attached hydrogen (secondary N) is 3. The largest absolute Gasteiger partial charge is 0.494 e. The number of ether oxygens (including phenoxy) is 1. The van der Waals surface area contributed by atoms with Gasteiger partial charge in [-0.25, -0.2) is 13.6 Å². The molecule has 1 unspecified atom stereocenters. The minimum Gasteiger partial charge on any atom is -0.494 e. The van der Waals surface area contributed by atoms with Crippen LogP contribution in [0.2, 0.25) is 0 Å². The number of carbonyl (C=O) groups excluding carboxylic acids is 5. The van der Waals surface area contributed by atoms with Gasteiger partial charge in [0, 0.05) is 11.9 Å². The van der Waals surface area contributed by atoms with E-state index in [0.717, 1.165) is 6.07 Å². The quantitative estimate of drug-likeness (QED) is 0.314. The first-order chi connectivity index (χ1) is 19.0. The van der Waals surface area contributed by atoms with Gasteiger partial charge in [-0.05, 0) is 41.8 Å². The highest BCUT2D eigenvalue weighted by molar-refractivity contribution is 6.11. The molecule has 0 saturated carbocycles. The number of nitrogens with zero attached hydrogens (tertiary/aromatic N) is 1.